The number of hydrogen-bond acceptors (Lipinski definition) is 5. The summed E-state index contributed by atoms with van der Waals surface area (Å²) in [5, 5.41) is 8.89. The largest absolute Gasteiger partial charge is 0.350 e. The maximum atomic E-state index is 13.8. The van der Waals surface area contributed by atoms with E-state index in [1.54, 1.807) is 18.6 Å². The Hall–Kier alpha value is -3.40. The van der Waals surface area contributed by atoms with E-state index in [0.717, 1.165) is 5.56 Å². The summed E-state index contributed by atoms with van der Waals surface area (Å²) in [7, 11) is 0. The molecule has 2 heterocycles. The number of nitrogens with zero attached hydrogens (tertiary/aromatic N) is 4. The molecule has 0 bridgehead atoms. The van der Waals surface area contributed by atoms with Crippen LogP contribution in [0.5, 0.6) is 0 Å². The number of H-pyrrole nitrogens is 1. The number of rotatable bonds is 5. The summed E-state index contributed by atoms with van der Waals surface area (Å²) in [4.78, 5) is 27.0. The first-order valence-corrected chi connectivity index (χ1v) is 7.65. The quantitative estimate of drug-likeness (QED) is 0.769. The molecule has 0 radical (unpaired) electrons. The molecule has 0 unspecified atom stereocenters. The Balaban J connectivity index is 1.71. The van der Waals surface area contributed by atoms with Gasteiger partial charge in [-0.25, -0.2) is 14.4 Å². The van der Waals surface area contributed by atoms with Gasteiger partial charge in [-0.2, -0.15) is 10.2 Å². The fourth-order valence-corrected chi connectivity index (χ4v) is 2.44. The number of nitrogens with one attached hydrogen (secondary N) is 1. The molecule has 2 aromatic heterocycles. The lowest BCUT2D eigenvalue weighted by molar-refractivity contribution is 0.606. The summed E-state index contributed by atoms with van der Waals surface area (Å²) in [5.74, 6) is 0.0990. The Labute approximate surface area is 143 Å². The van der Waals surface area contributed by atoms with E-state index in [1.807, 2.05) is 6.07 Å². The van der Waals surface area contributed by atoms with Crippen LogP contribution in [0, 0.1) is 17.1 Å². The van der Waals surface area contributed by atoms with E-state index in [4.69, 9.17) is 5.26 Å². The minimum Gasteiger partial charge on any atom is -0.350 e. The zero-order chi connectivity index (χ0) is 17.6. The highest BCUT2D eigenvalue weighted by molar-refractivity contribution is 5.34. The minimum absolute atomic E-state index is 0.330. The van der Waals surface area contributed by atoms with Gasteiger partial charge >= 0.3 is 0 Å². The van der Waals surface area contributed by atoms with Crippen molar-refractivity contribution in [3.8, 4) is 6.07 Å². The van der Waals surface area contributed by atoms with Crippen LogP contribution in [0.4, 0.5) is 4.39 Å². The van der Waals surface area contributed by atoms with Crippen LogP contribution in [0.2, 0.25) is 0 Å². The number of nitriles is 1. The Bertz CT molecular complexity index is 979. The molecule has 6 nitrogen and oxygen atoms in total. The van der Waals surface area contributed by atoms with E-state index in [9.17, 15) is 9.18 Å². The summed E-state index contributed by atoms with van der Waals surface area (Å²) in [6.45, 7) is 0. The lowest BCUT2D eigenvalue weighted by Crippen LogP contribution is -2.17. The third kappa shape index (κ3) is 4.12. The predicted octanol–water partition coefficient (Wildman–Crippen LogP) is 1.95. The molecule has 3 rings (SSSR count). The molecule has 25 heavy (non-hydrogen) atoms. The SMILES string of the molecule is N#Cc1ccc(F)c(CCc2nc(=O)c(Cc3cncnc3)c[nH]2)c1. The molecule has 124 valence electrons. The van der Waals surface area contributed by atoms with Crippen molar-refractivity contribution in [2.45, 2.75) is 19.3 Å². The second-order valence-corrected chi connectivity index (χ2v) is 5.52. The van der Waals surface area contributed by atoms with Crippen LogP contribution in [0.1, 0.15) is 28.1 Å². The summed E-state index contributed by atoms with van der Waals surface area (Å²) in [6.07, 6.45) is 7.43. The van der Waals surface area contributed by atoms with Gasteiger partial charge in [-0.15, -0.1) is 0 Å². The molecule has 0 spiro atoms. The van der Waals surface area contributed by atoms with Gasteiger partial charge < -0.3 is 4.98 Å². The Morgan fingerprint density at radius 1 is 1.16 bits per heavy atom. The molecule has 7 heteroatoms. The van der Waals surface area contributed by atoms with Crippen LogP contribution in [0.15, 0.2) is 47.9 Å². The van der Waals surface area contributed by atoms with Crippen LogP contribution in [0.25, 0.3) is 0 Å². The molecular formula is C18H14FN5O. The van der Waals surface area contributed by atoms with Crippen LogP contribution in [-0.2, 0) is 19.3 Å². The molecule has 0 amide bonds. The van der Waals surface area contributed by atoms with E-state index >= 15 is 0 Å². The van der Waals surface area contributed by atoms with Crippen molar-refractivity contribution in [1.29, 1.82) is 5.26 Å². The second kappa shape index (κ2) is 7.45. The average Bonchev–Trinajstić information content (AvgIpc) is 2.64. The number of benzene rings is 1. The summed E-state index contributed by atoms with van der Waals surface area (Å²) < 4.78 is 13.8. The molecular weight excluding hydrogens is 321 g/mol. The van der Waals surface area contributed by atoms with Crippen molar-refractivity contribution in [1.82, 2.24) is 19.9 Å². The average molecular weight is 335 g/mol. The van der Waals surface area contributed by atoms with Crippen molar-refractivity contribution in [2.24, 2.45) is 0 Å². The molecule has 0 atom stereocenters. The Morgan fingerprint density at radius 2 is 1.96 bits per heavy atom. The first-order chi connectivity index (χ1) is 12.2. The molecule has 0 fully saturated rings. The van der Waals surface area contributed by atoms with Crippen molar-refractivity contribution in [2.75, 3.05) is 0 Å². The van der Waals surface area contributed by atoms with E-state index in [0.29, 0.717) is 41.8 Å². The van der Waals surface area contributed by atoms with Gasteiger partial charge in [-0.05, 0) is 35.7 Å². The van der Waals surface area contributed by atoms with Gasteiger partial charge in [0.25, 0.3) is 5.56 Å². The van der Waals surface area contributed by atoms with Crippen molar-refractivity contribution < 1.29 is 4.39 Å². The van der Waals surface area contributed by atoms with E-state index < -0.39 is 0 Å². The fraction of sp³-hybridized carbons (Fsp3) is 0.167. The normalized spacial score (nSPS) is 10.4. The minimum atomic E-state index is -0.373. The molecule has 0 saturated carbocycles. The number of hydrogen-bond donors (Lipinski definition) is 1. The molecule has 0 saturated heterocycles. The topological polar surface area (TPSA) is 95.3 Å². The molecule has 0 aliphatic heterocycles. The summed E-state index contributed by atoms with van der Waals surface area (Å²) >= 11 is 0. The van der Waals surface area contributed by atoms with E-state index in [-0.39, 0.29) is 11.4 Å². The standard InChI is InChI=1S/C18H14FN5O/c19-16-3-1-12(7-20)5-14(16)2-4-17-23-10-15(18(25)24-17)6-13-8-21-11-22-9-13/h1,3,5,8-11H,2,4,6H2,(H,23,24,25). The van der Waals surface area contributed by atoms with Gasteiger partial charge in [-0.1, -0.05) is 0 Å². The highest BCUT2D eigenvalue weighted by Gasteiger charge is 2.08. The zero-order valence-corrected chi connectivity index (χ0v) is 13.2. The maximum Gasteiger partial charge on any atom is 0.276 e. The molecule has 3 aromatic rings. The van der Waals surface area contributed by atoms with Gasteiger partial charge in [0.05, 0.1) is 11.6 Å². The zero-order valence-electron chi connectivity index (χ0n) is 13.2. The molecule has 1 N–H and O–H groups in total. The molecule has 0 aliphatic carbocycles. The summed E-state index contributed by atoms with van der Waals surface area (Å²) in [5.41, 5.74) is 1.82. The van der Waals surface area contributed by atoms with Crippen molar-refractivity contribution in [3.05, 3.63) is 87.4 Å². The van der Waals surface area contributed by atoms with Crippen LogP contribution >= 0.6 is 0 Å². The highest BCUT2D eigenvalue weighted by Crippen LogP contribution is 2.12. The smallest absolute Gasteiger partial charge is 0.276 e. The Morgan fingerprint density at radius 3 is 2.68 bits per heavy atom. The maximum absolute atomic E-state index is 13.8. The van der Waals surface area contributed by atoms with Gasteiger partial charge in [0.15, 0.2) is 0 Å². The number of aromatic amines is 1. The first kappa shape index (κ1) is 16.5. The lowest BCUT2D eigenvalue weighted by atomic mass is 10.1. The second-order valence-electron chi connectivity index (χ2n) is 5.52. The van der Waals surface area contributed by atoms with Gasteiger partial charge in [-0.3, -0.25) is 4.79 Å². The third-order valence-electron chi connectivity index (χ3n) is 3.74. The number of aromatic nitrogens is 4. The summed E-state index contributed by atoms with van der Waals surface area (Å²) in [6, 6.07) is 6.20. The van der Waals surface area contributed by atoms with Gasteiger partial charge in [0.2, 0.25) is 0 Å². The third-order valence-corrected chi connectivity index (χ3v) is 3.74. The molecule has 1 aromatic carbocycles. The van der Waals surface area contributed by atoms with Gasteiger partial charge in [0.1, 0.15) is 18.0 Å². The van der Waals surface area contributed by atoms with Crippen molar-refractivity contribution >= 4 is 0 Å². The van der Waals surface area contributed by atoms with E-state index in [2.05, 4.69) is 19.9 Å². The van der Waals surface area contributed by atoms with E-state index in [1.165, 1.54) is 24.5 Å². The fourth-order valence-electron chi connectivity index (χ4n) is 2.44. The predicted molar refractivity (Wildman–Crippen MR) is 88.2 cm³/mol. The molecule has 0 aliphatic rings. The highest BCUT2D eigenvalue weighted by atomic mass is 19.1. The van der Waals surface area contributed by atoms with Crippen LogP contribution < -0.4 is 5.56 Å². The van der Waals surface area contributed by atoms with Crippen molar-refractivity contribution in [3.63, 3.8) is 0 Å². The monoisotopic (exact) mass is 335 g/mol. The Kier molecular flexibility index (Phi) is 4.90. The van der Waals surface area contributed by atoms with Crippen LogP contribution in [-0.4, -0.2) is 19.9 Å². The number of aryl methyl sites for hydroxylation is 2. The number of halogens is 1. The lowest BCUT2D eigenvalue weighted by Gasteiger charge is -2.05. The van der Waals surface area contributed by atoms with Gasteiger partial charge in [0, 0.05) is 37.0 Å². The first-order valence-electron chi connectivity index (χ1n) is 7.65. The van der Waals surface area contributed by atoms with Crippen LogP contribution in [0.3, 0.4) is 0 Å².